The van der Waals surface area contributed by atoms with Crippen LogP contribution in [0.5, 0.6) is 0 Å². The standard InChI is InChI=1S/2C13H15.C2H7Si.2CH3.Hf/c2*1-3-6-11-9-12-7-4-5-8-13(12)10(11)2;1-3-2;;;/h2*4-5,7-9H,3,6H2,1-2H3;3H,1-2H3;2*1H3;. The molecule has 32 heavy (non-hydrogen) atoms. The summed E-state index contributed by atoms with van der Waals surface area (Å²) in [6.45, 7) is 15.0. The molecule has 4 rings (SSSR count). The Kier molecular flexibility index (Phi) is 6.53. The maximum absolute atomic E-state index is 3.61. The second-order valence-corrected chi connectivity index (χ2v) is 65.2. The Morgan fingerprint density at radius 1 is 0.688 bits per heavy atom. The topological polar surface area (TPSA) is 0 Å². The van der Waals surface area contributed by atoms with Crippen molar-refractivity contribution in [2.45, 2.75) is 83.2 Å². The molecule has 0 aliphatic heterocycles. The summed E-state index contributed by atoms with van der Waals surface area (Å²) in [5.41, 5.74) is 13.3. The predicted octanol–water partition coefficient (Wildman–Crippen LogP) is 9.41. The molecule has 0 N–H and O–H groups in total. The summed E-state index contributed by atoms with van der Waals surface area (Å²) < 4.78 is 7.26. The van der Waals surface area contributed by atoms with Crippen LogP contribution in [0.4, 0.5) is 0 Å². The molecule has 0 nitrogen and oxygen atoms in total. The van der Waals surface area contributed by atoms with Crippen molar-refractivity contribution < 1.29 is 17.7 Å². The molecule has 0 amide bonds. The summed E-state index contributed by atoms with van der Waals surface area (Å²) in [7, 11) is 0. The van der Waals surface area contributed by atoms with Gasteiger partial charge in [-0.25, -0.2) is 0 Å². The fourth-order valence-corrected chi connectivity index (χ4v) is 49.9. The van der Waals surface area contributed by atoms with Crippen molar-refractivity contribution in [3.8, 4) is 0 Å². The molecule has 2 aromatic rings. The van der Waals surface area contributed by atoms with Crippen LogP contribution in [-0.4, -0.2) is 5.98 Å². The number of rotatable bonds is 7. The quantitative estimate of drug-likeness (QED) is 0.274. The molecule has 171 valence electrons. The van der Waals surface area contributed by atoms with E-state index in [0.717, 1.165) is 0 Å². The summed E-state index contributed by atoms with van der Waals surface area (Å²) >= 11 is -3.61. The van der Waals surface area contributed by atoms with Gasteiger partial charge in [-0.3, -0.25) is 0 Å². The van der Waals surface area contributed by atoms with Crippen molar-refractivity contribution in [1.29, 1.82) is 0 Å². The Bertz CT molecular complexity index is 1020. The van der Waals surface area contributed by atoms with E-state index in [1.807, 2.05) is 11.1 Å². The first kappa shape index (κ1) is 24.1. The fraction of sp³-hybridized carbons (Fsp3) is 0.467. The molecule has 2 aliphatic rings. The van der Waals surface area contributed by atoms with Gasteiger partial charge >= 0.3 is 200 Å². The number of hydrogen-bond donors (Lipinski definition) is 0. The van der Waals surface area contributed by atoms with Gasteiger partial charge in [-0.2, -0.15) is 0 Å². The molecule has 0 saturated carbocycles. The zero-order valence-electron chi connectivity index (χ0n) is 21.7. The van der Waals surface area contributed by atoms with Gasteiger partial charge in [0.2, 0.25) is 0 Å². The third-order valence-electron chi connectivity index (χ3n) is 9.69. The van der Waals surface area contributed by atoms with Crippen LogP contribution in [0.1, 0.15) is 83.0 Å². The summed E-state index contributed by atoms with van der Waals surface area (Å²) in [4.78, 5) is 0. The molecule has 0 fully saturated rings. The van der Waals surface area contributed by atoms with Crippen LogP contribution in [0.15, 0.2) is 59.7 Å². The summed E-state index contributed by atoms with van der Waals surface area (Å²) in [6.07, 6.45) is 5.03. The average Bonchev–Trinajstić information content (AvgIpc) is 3.22. The van der Waals surface area contributed by atoms with E-state index < -0.39 is 23.7 Å². The molecular weight excluding hydrogens is 567 g/mol. The van der Waals surface area contributed by atoms with E-state index >= 15 is 0 Å². The Morgan fingerprint density at radius 3 is 1.41 bits per heavy atom. The van der Waals surface area contributed by atoms with Gasteiger partial charge in [-0.05, 0) is 0 Å². The van der Waals surface area contributed by atoms with Gasteiger partial charge < -0.3 is 0 Å². The molecule has 0 spiro atoms. The van der Waals surface area contributed by atoms with Crippen LogP contribution in [0, 0.1) is 0 Å². The van der Waals surface area contributed by atoms with Crippen molar-refractivity contribution in [3.05, 3.63) is 81.9 Å². The van der Waals surface area contributed by atoms with Crippen LogP contribution in [0.25, 0.3) is 11.1 Å². The Balaban J connectivity index is 2.06. The monoisotopic (exact) mass is 611 g/mol. The first-order chi connectivity index (χ1) is 15.2. The number of fused-ring (bicyclic) bond motifs is 2. The first-order valence-electron chi connectivity index (χ1n) is 13.0. The molecule has 2 unspecified atom stereocenters. The molecule has 2 heteroatoms. The number of hydrogen-bond acceptors (Lipinski definition) is 0. The Morgan fingerprint density at radius 2 is 1.06 bits per heavy atom. The van der Waals surface area contributed by atoms with Crippen LogP contribution < -0.4 is 0 Å². The van der Waals surface area contributed by atoms with Crippen LogP contribution >= 0.6 is 0 Å². The van der Waals surface area contributed by atoms with Crippen LogP contribution in [0.3, 0.4) is 0 Å². The van der Waals surface area contributed by atoms with Gasteiger partial charge in [0.15, 0.2) is 0 Å². The van der Waals surface area contributed by atoms with Crippen molar-refractivity contribution >= 4 is 17.1 Å². The third kappa shape index (κ3) is 3.30. The zero-order chi connectivity index (χ0) is 23.3. The second kappa shape index (κ2) is 8.66. The summed E-state index contributed by atoms with van der Waals surface area (Å²) in [6, 6.07) is 19.0. The van der Waals surface area contributed by atoms with Gasteiger partial charge in [0.1, 0.15) is 0 Å². The SMILES string of the molecule is CCCC1=C(C)c2ccccc2[CH]1[Hf]([CH3])([CH3])([CH]1C(CCC)=C(C)c2ccccc21)[SiH](C)C. The van der Waals surface area contributed by atoms with E-state index in [4.69, 9.17) is 0 Å². The van der Waals surface area contributed by atoms with E-state index in [-0.39, 0.29) is 0 Å². The maximum atomic E-state index is 2.92. The number of benzene rings is 2. The fourth-order valence-electron chi connectivity index (χ4n) is 7.45. The number of allylic oxidation sites excluding steroid dienone is 4. The minimum absolute atomic E-state index is 0.714. The summed E-state index contributed by atoms with van der Waals surface area (Å²) in [5, 5.41) is 0. The van der Waals surface area contributed by atoms with E-state index in [2.05, 4.69) is 98.7 Å². The molecule has 0 radical (unpaired) electrons. The van der Waals surface area contributed by atoms with E-state index in [1.54, 1.807) is 33.4 Å². The van der Waals surface area contributed by atoms with Crippen molar-refractivity contribution in [1.82, 2.24) is 0 Å². The van der Waals surface area contributed by atoms with E-state index in [9.17, 15) is 0 Å². The zero-order valence-corrected chi connectivity index (χ0v) is 26.4. The molecule has 0 aromatic heterocycles. The minimum atomic E-state index is -3.61. The molecule has 2 aliphatic carbocycles. The Labute approximate surface area is 198 Å². The predicted molar refractivity (Wildman–Crippen MR) is 144 cm³/mol. The average molecular weight is 610 g/mol. The van der Waals surface area contributed by atoms with E-state index in [0.29, 0.717) is 7.35 Å². The molecular formula is C30H43HfSi. The van der Waals surface area contributed by atoms with Gasteiger partial charge in [0, 0.05) is 0 Å². The molecule has 2 aromatic carbocycles. The normalized spacial score (nSPS) is 21.7. The molecule has 0 saturated heterocycles. The second-order valence-electron chi connectivity index (χ2n) is 11.7. The third-order valence-corrected chi connectivity index (χ3v) is 75.9. The van der Waals surface area contributed by atoms with Crippen LogP contribution in [-0.2, 0) is 17.7 Å². The van der Waals surface area contributed by atoms with Crippen molar-refractivity contribution in [2.24, 2.45) is 0 Å². The van der Waals surface area contributed by atoms with Gasteiger partial charge in [-0.15, -0.1) is 0 Å². The van der Waals surface area contributed by atoms with Crippen molar-refractivity contribution in [2.75, 3.05) is 0 Å². The van der Waals surface area contributed by atoms with Gasteiger partial charge in [0.05, 0.1) is 0 Å². The first-order valence-corrected chi connectivity index (χ1v) is 33.4. The molecule has 0 heterocycles. The van der Waals surface area contributed by atoms with Gasteiger partial charge in [0.25, 0.3) is 0 Å². The molecule has 0 bridgehead atoms. The van der Waals surface area contributed by atoms with Crippen molar-refractivity contribution in [3.63, 3.8) is 0 Å². The molecule has 2 atom stereocenters. The summed E-state index contributed by atoms with van der Waals surface area (Å²) in [5.74, 6) is -0.970. The van der Waals surface area contributed by atoms with Crippen LogP contribution in [0.2, 0.25) is 22.5 Å². The van der Waals surface area contributed by atoms with E-state index in [1.165, 1.54) is 25.7 Å². The Hall–Kier alpha value is -0.993. The van der Waals surface area contributed by atoms with Gasteiger partial charge in [-0.1, -0.05) is 0 Å².